The summed E-state index contributed by atoms with van der Waals surface area (Å²) in [5.41, 5.74) is 1.64. The molecule has 0 aliphatic heterocycles. The molecule has 1 aromatic rings. The Morgan fingerprint density at radius 3 is 2.80 bits per heavy atom. The molecule has 15 heavy (non-hydrogen) atoms. The highest BCUT2D eigenvalue weighted by molar-refractivity contribution is 7.86. The molecule has 1 aromatic heterocycles. The molecule has 0 aromatic carbocycles. The molecule has 5 nitrogen and oxygen atoms in total. The maximum Gasteiger partial charge on any atom is 0.269 e. The van der Waals surface area contributed by atoms with Crippen LogP contribution in [0.5, 0.6) is 0 Å². The first kappa shape index (κ1) is 11.9. The average Bonchev–Trinajstić information content (AvgIpc) is 2.12. The van der Waals surface area contributed by atoms with Crippen LogP contribution in [0.25, 0.3) is 0 Å². The van der Waals surface area contributed by atoms with E-state index >= 15 is 0 Å². The Bertz CT molecular complexity index is 431. The molecule has 1 unspecified atom stereocenters. The predicted molar refractivity (Wildman–Crippen MR) is 58.5 cm³/mol. The van der Waals surface area contributed by atoms with Gasteiger partial charge in [0.1, 0.15) is 5.25 Å². The summed E-state index contributed by atoms with van der Waals surface area (Å²) < 4.78 is 30.2. The van der Waals surface area contributed by atoms with Gasteiger partial charge in [0.25, 0.3) is 10.1 Å². The number of nitrogens with one attached hydrogen (secondary N) is 1. The molecule has 6 heteroatoms. The second kappa shape index (κ2) is 4.59. The van der Waals surface area contributed by atoms with Crippen LogP contribution in [0.4, 0.5) is 5.69 Å². The van der Waals surface area contributed by atoms with Crippen molar-refractivity contribution in [2.24, 2.45) is 0 Å². The van der Waals surface area contributed by atoms with Gasteiger partial charge in [-0.3, -0.25) is 9.54 Å². The van der Waals surface area contributed by atoms with Crippen LogP contribution in [0, 0.1) is 6.92 Å². The van der Waals surface area contributed by atoms with Gasteiger partial charge in [-0.05, 0) is 26.0 Å². The number of pyridine rings is 1. The maximum absolute atomic E-state index is 10.7. The van der Waals surface area contributed by atoms with Gasteiger partial charge in [-0.2, -0.15) is 8.42 Å². The fourth-order valence-corrected chi connectivity index (χ4v) is 1.32. The lowest BCUT2D eigenvalue weighted by molar-refractivity contribution is 0.472. The van der Waals surface area contributed by atoms with Crippen LogP contribution < -0.4 is 5.32 Å². The summed E-state index contributed by atoms with van der Waals surface area (Å²) in [5, 5.41) is 2.08. The lowest BCUT2D eigenvalue weighted by atomic mass is 10.3. The Kier molecular flexibility index (Phi) is 3.65. The highest BCUT2D eigenvalue weighted by Gasteiger charge is 2.16. The van der Waals surface area contributed by atoms with E-state index < -0.39 is 15.4 Å². The molecule has 0 bridgehead atoms. The molecule has 0 fully saturated rings. The quantitative estimate of drug-likeness (QED) is 0.757. The van der Waals surface area contributed by atoms with Gasteiger partial charge in [0.15, 0.2) is 0 Å². The molecular weight excluding hydrogens is 216 g/mol. The van der Waals surface area contributed by atoms with Crippen molar-refractivity contribution in [3.8, 4) is 0 Å². The topological polar surface area (TPSA) is 79.3 Å². The third kappa shape index (κ3) is 3.85. The highest BCUT2D eigenvalue weighted by atomic mass is 32.2. The minimum atomic E-state index is -3.96. The molecule has 0 aliphatic carbocycles. The van der Waals surface area contributed by atoms with Crippen molar-refractivity contribution in [2.45, 2.75) is 19.1 Å². The van der Waals surface area contributed by atoms with Gasteiger partial charge < -0.3 is 5.32 Å². The summed E-state index contributed by atoms with van der Waals surface area (Å²) in [7, 11) is -3.96. The fraction of sp³-hybridized carbons (Fsp3) is 0.444. The zero-order chi connectivity index (χ0) is 11.5. The molecular formula is C9H14N2O3S. The van der Waals surface area contributed by atoms with E-state index in [2.05, 4.69) is 10.3 Å². The molecule has 1 heterocycles. The zero-order valence-electron chi connectivity index (χ0n) is 8.64. The van der Waals surface area contributed by atoms with E-state index in [-0.39, 0.29) is 6.54 Å². The third-order valence-electron chi connectivity index (χ3n) is 2.00. The summed E-state index contributed by atoms with van der Waals surface area (Å²) in [6, 6.07) is 3.54. The van der Waals surface area contributed by atoms with Crippen LogP contribution >= 0.6 is 0 Å². The lowest BCUT2D eigenvalue weighted by Gasteiger charge is -2.10. The van der Waals surface area contributed by atoms with E-state index in [1.165, 1.54) is 6.92 Å². The van der Waals surface area contributed by atoms with E-state index in [9.17, 15) is 8.42 Å². The Morgan fingerprint density at radius 2 is 2.27 bits per heavy atom. The molecule has 0 amide bonds. The lowest BCUT2D eigenvalue weighted by Crippen LogP contribution is -2.25. The summed E-state index contributed by atoms with van der Waals surface area (Å²) in [5.74, 6) is 0. The van der Waals surface area contributed by atoms with E-state index in [4.69, 9.17) is 4.55 Å². The second-order valence-corrected chi connectivity index (χ2v) is 5.23. The van der Waals surface area contributed by atoms with Gasteiger partial charge in [0.05, 0.1) is 0 Å². The molecule has 0 saturated heterocycles. The van der Waals surface area contributed by atoms with Gasteiger partial charge in [-0.25, -0.2) is 0 Å². The van der Waals surface area contributed by atoms with Gasteiger partial charge in [-0.1, -0.05) is 0 Å². The Morgan fingerprint density at radius 1 is 1.60 bits per heavy atom. The van der Waals surface area contributed by atoms with Gasteiger partial charge in [-0.15, -0.1) is 0 Å². The van der Waals surface area contributed by atoms with Crippen LogP contribution in [0.3, 0.4) is 0 Å². The first-order valence-electron chi connectivity index (χ1n) is 4.52. The van der Waals surface area contributed by atoms with Crippen LogP contribution in [-0.2, 0) is 10.1 Å². The van der Waals surface area contributed by atoms with Crippen LogP contribution in [-0.4, -0.2) is 29.7 Å². The summed E-state index contributed by atoms with van der Waals surface area (Å²) in [6.45, 7) is 3.45. The number of hydrogen-bond acceptors (Lipinski definition) is 4. The molecule has 0 saturated carbocycles. The van der Waals surface area contributed by atoms with Crippen molar-refractivity contribution in [3.05, 3.63) is 24.0 Å². The van der Waals surface area contributed by atoms with Crippen molar-refractivity contribution in [1.82, 2.24) is 4.98 Å². The molecule has 0 radical (unpaired) electrons. The van der Waals surface area contributed by atoms with Gasteiger partial charge in [0.2, 0.25) is 0 Å². The van der Waals surface area contributed by atoms with E-state index in [0.29, 0.717) is 0 Å². The van der Waals surface area contributed by atoms with E-state index in [0.717, 1.165) is 11.4 Å². The first-order valence-corrected chi connectivity index (χ1v) is 6.03. The molecule has 0 spiro atoms. The Hall–Kier alpha value is -1.14. The van der Waals surface area contributed by atoms with E-state index in [1.54, 1.807) is 18.3 Å². The zero-order valence-corrected chi connectivity index (χ0v) is 9.45. The van der Waals surface area contributed by atoms with Crippen molar-refractivity contribution in [2.75, 3.05) is 11.9 Å². The molecule has 1 atom stereocenters. The number of rotatable bonds is 4. The number of aromatic nitrogens is 1. The Balaban J connectivity index is 2.58. The SMILES string of the molecule is Cc1cc(NCC(C)S(=O)(=O)O)ccn1. The minimum absolute atomic E-state index is 0.169. The first-order chi connectivity index (χ1) is 6.89. The number of aryl methyl sites for hydroxylation is 1. The predicted octanol–water partition coefficient (Wildman–Crippen LogP) is 1.08. The minimum Gasteiger partial charge on any atom is -0.384 e. The van der Waals surface area contributed by atoms with Crippen molar-refractivity contribution in [1.29, 1.82) is 0 Å². The number of nitrogens with zero attached hydrogens (tertiary/aromatic N) is 1. The largest absolute Gasteiger partial charge is 0.384 e. The normalized spacial score (nSPS) is 13.5. The van der Waals surface area contributed by atoms with Crippen LogP contribution in [0.1, 0.15) is 12.6 Å². The van der Waals surface area contributed by atoms with Crippen molar-refractivity contribution in [3.63, 3.8) is 0 Å². The molecule has 0 aliphatic rings. The second-order valence-electron chi connectivity index (χ2n) is 3.39. The van der Waals surface area contributed by atoms with E-state index in [1.807, 2.05) is 6.92 Å². The Labute approximate surface area is 89.3 Å². The third-order valence-corrected chi connectivity index (χ3v) is 3.18. The number of hydrogen-bond donors (Lipinski definition) is 2. The average molecular weight is 230 g/mol. The number of anilines is 1. The van der Waals surface area contributed by atoms with Crippen molar-refractivity contribution >= 4 is 15.8 Å². The fourth-order valence-electron chi connectivity index (χ4n) is 1.02. The van der Waals surface area contributed by atoms with Gasteiger partial charge >= 0.3 is 0 Å². The monoisotopic (exact) mass is 230 g/mol. The molecule has 84 valence electrons. The molecule has 2 N–H and O–H groups in total. The summed E-state index contributed by atoms with van der Waals surface area (Å²) in [4.78, 5) is 4.01. The standard InChI is InChI=1S/C9H14N2O3S/c1-7-5-9(3-4-10-7)11-6-8(2)15(12,13)14/h3-5,8H,6H2,1-2H3,(H,10,11)(H,12,13,14). The summed E-state index contributed by atoms with van der Waals surface area (Å²) in [6.07, 6.45) is 1.63. The van der Waals surface area contributed by atoms with Crippen molar-refractivity contribution < 1.29 is 13.0 Å². The smallest absolute Gasteiger partial charge is 0.269 e. The summed E-state index contributed by atoms with van der Waals surface area (Å²) >= 11 is 0. The highest BCUT2D eigenvalue weighted by Crippen LogP contribution is 2.08. The van der Waals surface area contributed by atoms with Crippen LogP contribution in [0.15, 0.2) is 18.3 Å². The molecule has 1 rings (SSSR count). The van der Waals surface area contributed by atoms with Gasteiger partial charge in [0, 0.05) is 24.1 Å². The maximum atomic E-state index is 10.7. The van der Waals surface area contributed by atoms with Crippen LogP contribution in [0.2, 0.25) is 0 Å².